The maximum absolute atomic E-state index is 5.90. The van der Waals surface area contributed by atoms with E-state index < -0.39 is 0 Å². The molecule has 2 rings (SSSR count). The van der Waals surface area contributed by atoms with E-state index in [-0.39, 0.29) is 18.4 Å². The normalized spacial score (nSPS) is 9.89. The molecule has 4 N–H and O–H groups in total. The van der Waals surface area contributed by atoms with Crippen molar-refractivity contribution in [3.63, 3.8) is 0 Å². The van der Waals surface area contributed by atoms with Crippen LogP contribution in [0.5, 0.6) is 0 Å². The maximum Gasteiger partial charge on any atom is 0.222 e. The molecule has 0 aliphatic carbocycles. The highest BCUT2D eigenvalue weighted by Gasteiger charge is 2.11. The van der Waals surface area contributed by atoms with Gasteiger partial charge in [-0.3, -0.25) is 0 Å². The average molecular weight is 285 g/mol. The third-order valence-corrected chi connectivity index (χ3v) is 2.75. The lowest BCUT2D eigenvalue weighted by Gasteiger charge is -2.10. The number of nitrogens with two attached hydrogens (primary N) is 2. The van der Waals surface area contributed by atoms with Crippen molar-refractivity contribution in [3.05, 3.63) is 35.0 Å². The predicted molar refractivity (Wildman–Crippen MR) is 77.9 cm³/mol. The van der Waals surface area contributed by atoms with E-state index in [4.69, 9.17) is 23.1 Å². The van der Waals surface area contributed by atoms with Crippen LogP contribution in [0.4, 0.5) is 11.8 Å². The van der Waals surface area contributed by atoms with E-state index >= 15 is 0 Å². The van der Waals surface area contributed by atoms with E-state index in [1.807, 2.05) is 31.2 Å². The Morgan fingerprint density at radius 2 is 1.72 bits per heavy atom. The van der Waals surface area contributed by atoms with Crippen molar-refractivity contribution in [2.24, 2.45) is 0 Å². The molecule has 0 bridgehead atoms. The topological polar surface area (TPSA) is 77.8 Å². The van der Waals surface area contributed by atoms with Crippen LogP contribution in [0.1, 0.15) is 12.6 Å². The molecule has 6 heteroatoms. The summed E-state index contributed by atoms with van der Waals surface area (Å²) in [6.45, 7) is 2.00. The molecule has 4 nitrogen and oxygen atoms in total. The van der Waals surface area contributed by atoms with Gasteiger partial charge in [-0.15, -0.1) is 12.4 Å². The fraction of sp³-hybridized carbons (Fsp3) is 0.167. The summed E-state index contributed by atoms with van der Waals surface area (Å²) in [5.41, 5.74) is 14.1. The summed E-state index contributed by atoms with van der Waals surface area (Å²) >= 11 is 5.86. The van der Waals surface area contributed by atoms with Crippen molar-refractivity contribution in [2.45, 2.75) is 13.3 Å². The van der Waals surface area contributed by atoms with Crippen molar-refractivity contribution >= 4 is 35.8 Å². The number of rotatable bonds is 2. The smallest absolute Gasteiger partial charge is 0.222 e. The molecule has 0 unspecified atom stereocenters. The van der Waals surface area contributed by atoms with Crippen LogP contribution in [0, 0.1) is 0 Å². The van der Waals surface area contributed by atoms with Crippen LogP contribution < -0.4 is 11.5 Å². The molecular formula is C12H14Cl2N4. The third-order valence-electron chi connectivity index (χ3n) is 2.50. The van der Waals surface area contributed by atoms with Gasteiger partial charge in [-0.25, -0.2) is 4.98 Å². The Balaban J connectivity index is 0.00000162. The number of hydrogen-bond acceptors (Lipinski definition) is 4. The minimum absolute atomic E-state index is 0. The number of halogens is 2. The summed E-state index contributed by atoms with van der Waals surface area (Å²) in [4.78, 5) is 8.20. The average Bonchev–Trinajstić information content (AvgIpc) is 2.30. The monoisotopic (exact) mass is 284 g/mol. The van der Waals surface area contributed by atoms with E-state index in [9.17, 15) is 0 Å². The van der Waals surface area contributed by atoms with Crippen molar-refractivity contribution < 1.29 is 0 Å². The molecule has 0 saturated carbocycles. The molecule has 0 radical (unpaired) electrons. The fourth-order valence-electron chi connectivity index (χ4n) is 1.73. The van der Waals surface area contributed by atoms with Crippen LogP contribution in [0.2, 0.25) is 5.02 Å². The molecule has 0 fully saturated rings. The molecule has 18 heavy (non-hydrogen) atoms. The van der Waals surface area contributed by atoms with Crippen LogP contribution >= 0.6 is 24.0 Å². The molecule has 96 valence electrons. The lowest BCUT2D eigenvalue weighted by atomic mass is 10.0. The number of anilines is 2. The summed E-state index contributed by atoms with van der Waals surface area (Å²) in [5, 5.41) is 0.682. The summed E-state index contributed by atoms with van der Waals surface area (Å²) in [7, 11) is 0. The van der Waals surface area contributed by atoms with Gasteiger partial charge in [0.05, 0.1) is 5.69 Å². The molecule has 1 aromatic carbocycles. The van der Waals surface area contributed by atoms with E-state index in [2.05, 4.69) is 9.97 Å². The Morgan fingerprint density at radius 1 is 1.11 bits per heavy atom. The largest absolute Gasteiger partial charge is 0.383 e. The Labute approximate surface area is 117 Å². The summed E-state index contributed by atoms with van der Waals surface area (Å²) in [6.07, 6.45) is 0.745. The van der Waals surface area contributed by atoms with Gasteiger partial charge in [0.25, 0.3) is 0 Å². The van der Waals surface area contributed by atoms with E-state index in [1.165, 1.54) is 0 Å². The minimum Gasteiger partial charge on any atom is -0.383 e. The molecule has 1 heterocycles. The lowest BCUT2D eigenvalue weighted by molar-refractivity contribution is 1.02. The van der Waals surface area contributed by atoms with Crippen molar-refractivity contribution in [2.75, 3.05) is 11.5 Å². The second kappa shape index (κ2) is 5.89. The first-order valence-corrected chi connectivity index (χ1v) is 5.67. The summed E-state index contributed by atoms with van der Waals surface area (Å²) in [5.74, 6) is 0.605. The molecule has 1 aromatic heterocycles. The Hall–Kier alpha value is -1.52. The zero-order chi connectivity index (χ0) is 12.4. The van der Waals surface area contributed by atoms with Gasteiger partial charge in [0.15, 0.2) is 0 Å². The van der Waals surface area contributed by atoms with E-state index in [0.29, 0.717) is 10.8 Å². The number of nitrogen functional groups attached to an aromatic ring is 2. The lowest BCUT2D eigenvalue weighted by Crippen LogP contribution is -2.06. The number of nitrogens with zero attached hydrogens (tertiary/aromatic N) is 2. The molecule has 0 aliphatic rings. The van der Waals surface area contributed by atoms with Crippen molar-refractivity contribution in [1.82, 2.24) is 9.97 Å². The highest BCUT2D eigenvalue weighted by molar-refractivity contribution is 6.30. The zero-order valence-electron chi connectivity index (χ0n) is 9.85. The van der Waals surface area contributed by atoms with Gasteiger partial charge in [0, 0.05) is 10.6 Å². The molecule has 0 saturated heterocycles. The van der Waals surface area contributed by atoms with Gasteiger partial charge < -0.3 is 11.5 Å². The Bertz CT molecular complexity index is 541. The summed E-state index contributed by atoms with van der Waals surface area (Å²) in [6, 6.07) is 7.41. The first-order chi connectivity index (χ1) is 8.11. The molecule has 0 aliphatic heterocycles. The van der Waals surface area contributed by atoms with Crippen LogP contribution in [0.25, 0.3) is 11.1 Å². The number of hydrogen-bond donors (Lipinski definition) is 2. The Kier molecular flexibility index (Phi) is 4.76. The van der Waals surface area contributed by atoms with Crippen LogP contribution in [0.3, 0.4) is 0 Å². The predicted octanol–water partition coefficient (Wildman–Crippen LogP) is 2.95. The second-order valence-electron chi connectivity index (χ2n) is 3.65. The molecule has 2 aromatic rings. The molecule has 0 amide bonds. The zero-order valence-corrected chi connectivity index (χ0v) is 11.4. The highest BCUT2D eigenvalue weighted by Crippen LogP contribution is 2.29. The fourth-order valence-corrected chi connectivity index (χ4v) is 1.86. The van der Waals surface area contributed by atoms with Crippen molar-refractivity contribution in [1.29, 1.82) is 0 Å². The maximum atomic E-state index is 5.90. The van der Waals surface area contributed by atoms with Gasteiger partial charge in [-0.05, 0) is 24.1 Å². The van der Waals surface area contributed by atoms with Gasteiger partial charge in [-0.2, -0.15) is 4.98 Å². The van der Waals surface area contributed by atoms with E-state index in [0.717, 1.165) is 23.2 Å². The van der Waals surface area contributed by atoms with Crippen molar-refractivity contribution in [3.8, 4) is 11.1 Å². The third kappa shape index (κ3) is 2.83. The van der Waals surface area contributed by atoms with Crippen LogP contribution in [-0.4, -0.2) is 9.97 Å². The van der Waals surface area contributed by atoms with Gasteiger partial charge >= 0.3 is 0 Å². The second-order valence-corrected chi connectivity index (χ2v) is 4.09. The highest BCUT2D eigenvalue weighted by atomic mass is 35.5. The summed E-state index contributed by atoms with van der Waals surface area (Å²) < 4.78 is 0. The first-order valence-electron chi connectivity index (χ1n) is 5.29. The molecule has 0 spiro atoms. The Morgan fingerprint density at radius 3 is 2.28 bits per heavy atom. The van der Waals surface area contributed by atoms with Crippen LogP contribution in [0.15, 0.2) is 24.3 Å². The molecular weight excluding hydrogens is 271 g/mol. The van der Waals surface area contributed by atoms with Crippen LogP contribution in [-0.2, 0) is 6.42 Å². The van der Waals surface area contributed by atoms with E-state index in [1.54, 1.807) is 0 Å². The number of aromatic nitrogens is 2. The molecule has 0 atom stereocenters. The SMILES string of the molecule is CCc1nc(N)nc(N)c1-c1ccc(Cl)cc1.Cl. The van der Waals surface area contributed by atoms with Gasteiger partial charge in [0.2, 0.25) is 5.95 Å². The van der Waals surface area contributed by atoms with Gasteiger partial charge in [-0.1, -0.05) is 30.7 Å². The first kappa shape index (κ1) is 14.5. The standard InChI is InChI=1S/C12H13ClN4.ClH/c1-2-9-10(11(14)17-12(15)16-9)7-3-5-8(13)6-4-7;/h3-6H,2H2,1H3,(H4,14,15,16,17);1H. The quantitative estimate of drug-likeness (QED) is 0.889. The number of aryl methyl sites for hydroxylation is 1. The van der Waals surface area contributed by atoms with Gasteiger partial charge in [0.1, 0.15) is 5.82 Å². The number of benzene rings is 1. The minimum atomic E-state index is 0.